The van der Waals surface area contributed by atoms with Gasteiger partial charge in [-0.2, -0.15) is 0 Å². The fourth-order valence-corrected chi connectivity index (χ4v) is 4.27. The summed E-state index contributed by atoms with van der Waals surface area (Å²) in [6.07, 6.45) is 0.465. The molecule has 18 heavy (non-hydrogen) atoms. The Morgan fingerprint density at radius 1 is 1.50 bits per heavy atom. The number of aliphatic hydroxyl groups is 1. The average molecular weight is 278 g/mol. The molecule has 0 aromatic carbocycles. The second-order valence-electron chi connectivity index (χ2n) is 5.04. The highest BCUT2D eigenvalue weighted by Gasteiger charge is 2.39. The average Bonchev–Trinajstić information content (AvgIpc) is 2.51. The topological polar surface area (TPSA) is 86.7 Å². The van der Waals surface area contributed by atoms with Crippen LogP contribution in [-0.4, -0.2) is 67.6 Å². The van der Waals surface area contributed by atoms with Crippen LogP contribution >= 0.6 is 0 Å². The Balaban J connectivity index is 2.50. The Hall–Kier alpha value is -0.660. The summed E-state index contributed by atoms with van der Waals surface area (Å²) in [6, 6.07) is 0. The van der Waals surface area contributed by atoms with Crippen LogP contribution in [0.1, 0.15) is 20.3 Å². The number of likely N-dealkylation sites (N-methyl/N-ethyl adjacent to an activating group) is 1. The molecule has 0 bridgehead atoms. The number of aliphatic hydroxyl groups excluding tert-OH is 1. The molecule has 1 rings (SSSR count). The number of sulfone groups is 1. The Bertz CT molecular complexity index is 396. The molecule has 1 heterocycles. The van der Waals surface area contributed by atoms with Crippen molar-refractivity contribution in [2.24, 2.45) is 0 Å². The van der Waals surface area contributed by atoms with Gasteiger partial charge in [-0.15, -0.1) is 0 Å². The van der Waals surface area contributed by atoms with Crippen molar-refractivity contribution >= 4 is 15.7 Å². The first-order chi connectivity index (χ1) is 8.30. The van der Waals surface area contributed by atoms with Gasteiger partial charge < -0.3 is 10.4 Å². The molecule has 1 unspecified atom stereocenters. The fraction of sp³-hybridized carbons (Fsp3) is 0.909. The molecule has 2 N–H and O–H groups in total. The van der Waals surface area contributed by atoms with E-state index in [0.717, 1.165) is 0 Å². The van der Waals surface area contributed by atoms with Crippen molar-refractivity contribution in [1.29, 1.82) is 0 Å². The highest BCUT2D eigenvalue weighted by Crippen LogP contribution is 2.22. The third kappa shape index (κ3) is 4.55. The van der Waals surface area contributed by atoms with E-state index in [0.29, 0.717) is 19.5 Å². The molecule has 0 aromatic rings. The van der Waals surface area contributed by atoms with Gasteiger partial charge in [-0.1, -0.05) is 6.92 Å². The van der Waals surface area contributed by atoms with Crippen molar-refractivity contribution in [3.05, 3.63) is 0 Å². The van der Waals surface area contributed by atoms with Gasteiger partial charge in [0.2, 0.25) is 5.91 Å². The first kappa shape index (κ1) is 15.4. The van der Waals surface area contributed by atoms with Crippen molar-refractivity contribution in [1.82, 2.24) is 10.2 Å². The molecular weight excluding hydrogens is 256 g/mol. The number of rotatable bonds is 6. The van der Waals surface area contributed by atoms with Crippen molar-refractivity contribution in [2.45, 2.75) is 25.8 Å². The van der Waals surface area contributed by atoms with Gasteiger partial charge >= 0.3 is 0 Å². The summed E-state index contributed by atoms with van der Waals surface area (Å²) in [5.74, 6) is -0.0413. The van der Waals surface area contributed by atoms with Gasteiger partial charge in [0.15, 0.2) is 9.84 Å². The zero-order valence-electron chi connectivity index (χ0n) is 11.0. The van der Waals surface area contributed by atoms with Gasteiger partial charge in [0.25, 0.3) is 0 Å². The minimum absolute atomic E-state index is 0.00671. The third-order valence-corrected chi connectivity index (χ3v) is 5.08. The molecule has 0 radical (unpaired) electrons. The molecule has 0 spiro atoms. The van der Waals surface area contributed by atoms with E-state index in [2.05, 4.69) is 5.32 Å². The molecule has 6 nitrogen and oxygen atoms in total. The van der Waals surface area contributed by atoms with Crippen molar-refractivity contribution in [3.63, 3.8) is 0 Å². The van der Waals surface area contributed by atoms with Crippen molar-refractivity contribution < 1.29 is 18.3 Å². The maximum Gasteiger partial charge on any atom is 0.234 e. The second-order valence-corrected chi connectivity index (χ2v) is 7.23. The van der Waals surface area contributed by atoms with Gasteiger partial charge in [0.05, 0.1) is 30.2 Å². The molecule has 1 aliphatic heterocycles. The molecule has 1 saturated heterocycles. The first-order valence-electron chi connectivity index (χ1n) is 6.15. The lowest BCUT2D eigenvalue weighted by molar-refractivity contribution is -0.123. The predicted octanol–water partition coefficient (Wildman–Crippen LogP) is -1.01. The summed E-state index contributed by atoms with van der Waals surface area (Å²) < 4.78 is 22.8. The Morgan fingerprint density at radius 3 is 2.61 bits per heavy atom. The Morgan fingerprint density at radius 2 is 2.17 bits per heavy atom. The standard InChI is InChI=1S/C11H22N2O4S/c1-3-13(5-6-14)8-10(15)12-11(2)4-7-18(16,17)9-11/h14H,3-9H2,1-2H3,(H,12,15). The number of hydrogen-bond acceptors (Lipinski definition) is 5. The van der Waals surface area contributed by atoms with Crippen LogP contribution in [-0.2, 0) is 14.6 Å². The molecular formula is C11H22N2O4S. The summed E-state index contributed by atoms with van der Waals surface area (Å²) in [6.45, 7) is 4.98. The van der Waals surface area contributed by atoms with Gasteiger partial charge in [-0.3, -0.25) is 9.69 Å². The van der Waals surface area contributed by atoms with Gasteiger partial charge in [-0.05, 0) is 19.9 Å². The quantitative estimate of drug-likeness (QED) is 0.650. The van der Waals surface area contributed by atoms with Crippen LogP contribution in [0.15, 0.2) is 0 Å². The van der Waals surface area contributed by atoms with Crippen LogP contribution in [0, 0.1) is 0 Å². The number of nitrogens with one attached hydrogen (secondary N) is 1. The van der Waals surface area contributed by atoms with Crippen LogP contribution in [0.4, 0.5) is 0 Å². The van der Waals surface area contributed by atoms with Crippen LogP contribution < -0.4 is 5.32 Å². The molecule has 1 atom stereocenters. The summed E-state index contributed by atoms with van der Waals surface area (Å²) in [7, 11) is -3.01. The summed E-state index contributed by atoms with van der Waals surface area (Å²) >= 11 is 0. The lowest BCUT2D eigenvalue weighted by atomic mass is 10.0. The fourth-order valence-electron chi connectivity index (χ4n) is 2.18. The van der Waals surface area contributed by atoms with E-state index in [1.54, 1.807) is 6.92 Å². The van der Waals surface area contributed by atoms with Crippen LogP contribution in [0.5, 0.6) is 0 Å². The van der Waals surface area contributed by atoms with E-state index >= 15 is 0 Å². The lowest BCUT2D eigenvalue weighted by Crippen LogP contribution is -2.50. The molecule has 1 aliphatic rings. The number of hydrogen-bond donors (Lipinski definition) is 2. The van der Waals surface area contributed by atoms with Crippen molar-refractivity contribution in [3.8, 4) is 0 Å². The van der Waals surface area contributed by atoms with E-state index in [4.69, 9.17) is 5.11 Å². The number of carbonyl (C=O) groups excluding carboxylic acids is 1. The van der Waals surface area contributed by atoms with Crippen LogP contribution in [0.3, 0.4) is 0 Å². The lowest BCUT2D eigenvalue weighted by Gasteiger charge is -2.26. The second kappa shape index (κ2) is 5.99. The van der Waals surface area contributed by atoms with E-state index in [9.17, 15) is 13.2 Å². The minimum Gasteiger partial charge on any atom is -0.395 e. The molecule has 7 heteroatoms. The Kier molecular flexibility index (Phi) is 5.12. The largest absolute Gasteiger partial charge is 0.395 e. The monoisotopic (exact) mass is 278 g/mol. The summed E-state index contributed by atoms with van der Waals surface area (Å²) in [4.78, 5) is 13.6. The SMILES string of the molecule is CCN(CCO)CC(=O)NC1(C)CCS(=O)(=O)C1. The maximum absolute atomic E-state index is 11.8. The highest BCUT2D eigenvalue weighted by molar-refractivity contribution is 7.91. The molecule has 1 fully saturated rings. The number of carbonyl (C=O) groups is 1. The normalized spacial score (nSPS) is 26.4. The third-order valence-electron chi connectivity index (χ3n) is 3.18. The zero-order chi connectivity index (χ0) is 13.8. The van der Waals surface area contributed by atoms with Gasteiger partial charge in [0.1, 0.15) is 0 Å². The molecule has 106 valence electrons. The van der Waals surface area contributed by atoms with Crippen molar-refractivity contribution in [2.75, 3.05) is 37.7 Å². The zero-order valence-corrected chi connectivity index (χ0v) is 11.8. The number of nitrogens with zero attached hydrogens (tertiary/aromatic N) is 1. The van der Waals surface area contributed by atoms with Gasteiger partial charge in [-0.25, -0.2) is 8.42 Å². The molecule has 0 aromatic heterocycles. The minimum atomic E-state index is -3.01. The Labute approximate surface area is 108 Å². The van der Waals surface area contributed by atoms with E-state index in [-0.39, 0.29) is 30.6 Å². The van der Waals surface area contributed by atoms with E-state index in [1.807, 2.05) is 11.8 Å². The molecule has 0 saturated carbocycles. The molecule has 1 amide bonds. The van der Waals surface area contributed by atoms with Gasteiger partial charge in [0, 0.05) is 6.54 Å². The number of amides is 1. The summed E-state index contributed by atoms with van der Waals surface area (Å²) in [5.41, 5.74) is -0.644. The summed E-state index contributed by atoms with van der Waals surface area (Å²) in [5, 5.41) is 11.6. The highest BCUT2D eigenvalue weighted by atomic mass is 32.2. The van der Waals surface area contributed by atoms with Crippen LogP contribution in [0.25, 0.3) is 0 Å². The van der Waals surface area contributed by atoms with Crippen LogP contribution in [0.2, 0.25) is 0 Å². The van der Waals surface area contributed by atoms with E-state index in [1.165, 1.54) is 0 Å². The molecule has 0 aliphatic carbocycles. The van der Waals surface area contributed by atoms with E-state index < -0.39 is 15.4 Å². The first-order valence-corrected chi connectivity index (χ1v) is 7.97. The smallest absolute Gasteiger partial charge is 0.234 e. The predicted molar refractivity (Wildman–Crippen MR) is 69.0 cm³/mol. The maximum atomic E-state index is 11.8.